The van der Waals surface area contributed by atoms with Crippen LogP contribution in [0.15, 0.2) is 40.1 Å². The molecule has 0 spiro atoms. The summed E-state index contributed by atoms with van der Waals surface area (Å²) in [5, 5.41) is 4.61. The second-order valence-corrected chi connectivity index (χ2v) is 6.53. The van der Waals surface area contributed by atoms with Crippen molar-refractivity contribution in [1.29, 1.82) is 0 Å². The number of ether oxygens (including phenoxy) is 2. The van der Waals surface area contributed by atoms with Gasteiger partial charge in [0.05, 0.1) is 11.5 Å². The molecule has 2 heterocycles. The summed E-state index contributed by atoms with van der Waals surface area (Å²) in [5.74, 6) is -1.35. The smallest absolute Gasteiger partial charge is 0.375 e. The Morgan fingerprint density at radius 3 is 2.74 bits per heavy atom. The molecule has 0 aliphatic heterocycles. The van der Waals surface area contributed by atoms with Crippen molar-refractivity contribution in [3.05, 3.63) is 51.9 Å². The fourth-order valence-corrected chi connectivity index (χ4v) is 3.10. The number of furan rings is 1. The van der Waals surface area contributed by atoms with E-state index in [-0.39, 0.29) is 5.76 Å². The lowest BCUT2D eigenvalue weighted by Crippen LogP contribution is -2.33. The van der Waals surface area contributed by atoms with Crippen LogP contribution in [-0.4, -0.2) is 31.0 Å². The van der Waals surface area contributed by atoms with E-state index in [4.69, 9.17) is 13.9 Å². The molecule has 0 bridgehead atoms. The molecule has 0 radical (unpaired) electrons. The molecule has 0 aliphatic rings. The third-order valence-electron chi connectivity index (χ3n) is 3.74. The monoisotopic (exact) mass is 387 g/mol. The Kier molecular flexibility index (Phi) is 5.56. The first kappa shape index (κ1) is 18.7. The number of nitrogens with one attached hydrogen (secondary N) is 1. The fraction of sp³-hybridized carbons (Fsp3) is 0.211. The Hall–Kier alpha value is -3.13. The van der Waals surface area contributed by atoms with Crippen molar-refractivity contribution >= 4 is 40.1 Å². The summed E-state index contributed by atoms with van der Waals surface area (Å²) in [5.41, 5.74) is 1.10. The minimum absolute atomic E-state index is 0.0102. The van der Waals surface area contributed by atoms with Gasteiger partial charge in [0.2, 0.25) is 5.76 Å². The molecule has 0 atom stereocenters. The molecule has 2 aromatic heterocycles. The van der Waals surface area contributed by atoms with E-state index in [1.807, 2.05) is 6.92 Å². The third kappa shape index (κ3) is 4.17. The average Bonchev–Trinajstić information content (AvgIpc) is 3.29. The Bertz CT molecular complexity index is 989. The van der Waals surface area contributed by atoms with Crippen LogP contribution in [0, 0.1) is 6.92 Å². The van der Waals surface area contributed by atoms with E-state index >= 15 is 0 Å². The van der Waals surface area contributed by atoms with E-state index in [2.05, 4.69) is 5.32 Å². The van der Waals surface area contributed by atoms with E-state index in [1.165, 1.54) is 11.3 Å². The molecular weight excluding hydrogens is 370 g/mol. The van der Waals surface area contributed by atoms with Crippen LogP contribution >= 0.6 is 11.3 Å². The van der Waals surface area contributed by atoms with Gasteiger partial charge in [-0.3, -0.25) is 14.9 Å². The highest BCUT2D eigenvalue weighted by Crippen LogP contribution is 2.29. The van der Waals surface area contributed by atoms with Crippen molar-refractivity contribution in [3.8, 4) is 5.75 Å². The number of esters is 1. The van der Waals surface area contributed by atoms with Crippen LogP contribution < -0.4 is 10.1 Å². The van der Waals surface area contributed by atoms with Crippen molar-refractivity contribution in [2.45, 2.75) is 13.8 Å². The topological polar surface area (TPSA) is 94.8 Å². The maximum absolute atomic E-state index is 12.3. The van der Waals surface area contributed by atoms with Gasteiger partial charge in [-0.2, -0.15) is 0 Å². The summed E-state index contributed by atoms with van der Waals surface area (Å²) in [6.07, 6.45) is 0. The number of benzene rings is 1. The van der Waals surface area contributed by atoms with Crippen LogP contribution in [0.5, 0.6) is 5.75 Å². The van der Waals surface area contributed by atoms with Crippen LogP contribution in [0.25, 0.3) is 11.0 Å². The number of hydrogen-bond acceptors (Lipinski definition) is 7. The highest BCUT2D eigenvalue weighted by molar-refractivity contribution is 7.12. The largest absolute Gasteiger partial charge is 0.494 e. The maximum atomic E-state index is 12.3. The van der Waals surface area contributed by atoms with Crippen LogP contribution in [0.1, 0.15) is 32.7 Å². The van der Waals surface area contributed by atoms with E-state index < -0.39 is 24.4 Å². The van der Waals surface area contributed by atoms with Gasteiger partial charge in [-0.05, 0) is 43.5 Å². The SMILES string of the molecule is CCOc1ccc2oc(C(=O)OCC(=O)NC(=O)c3cccs3)c(C)c2c1. The molecule has 7 nitrogen and oxygen atoms in total. The molecular formula is C19H17NO6S. The Balaban J connectivity index is 1.64. The van der Waals surface area contributed by atoms with Gasteiger partial charge in [-0.25, -0.2) is 4.79 Å². The van der Waals surface area contributed by atoms with Crippen LogP contribution in [0.2, 0.25) is 0 Å². The number of amides is 2. The zero-order valence-electron chi connectivity index (χ0n) is 14.7. The summed E-state index contributed by atoms with van der Waals surface area (Å²) < 4.78 is 16.0. The summed E-state index contributed by atoms with van der Waals surface area (Å²) in [4.78, 5) is 36.3. The summed E-state index contributed by atoms with van der Waals surface area (Å²) >= 11 is 1.21. The number of imide groups is 1. The lowest BCUT2D eigenvalue weighted by atomic mass is 10.1. The minimum atomic E-state index is -0.777. The van der Waals surface area contributed by atoms with Crippen molar-refractivity contribution in [3.63, 3.8) is 0 Å². The molecule has 27 heavy (non-hydrogen) atoms. The standard InChI is InChI=1S/C19H17NO6S/c1-3-24-12-6-7-14-13(9-12)11(2)17(26-14)19(23)25-10-16(21)20-18(22)15-5-4-8-27-15/h4-9H,3,10H2,1-2H3,(H,20,21,22). The molecule has 1 aromatic carbocycles. The van der Waals surface area contributed by atoms with Crippen molar-refractivity contribution in [1.82, 2.24) is 5.32 Å². The Morgan fingerprint density at radius 1 is 1.22 bits per heavy atom. The number of aryl methyl sites for hydroxylation is 1. The van der Waals surface area contributed by atoms with E-state index in [1.54, 1.807) is 42.6 Å². The Labute approximate surface area is 158 Å². The number of carbonyl (C=O) groups is 3. The van der Waals surface area contributed by atoms with Crippen LogP contribution in [0.4, 0.5) is 0 Å². The molecule has 0 fully saturated rings. The van der Waals surface area contributed by atoms with Crippen LogP contribution in [-0.2, 0) is 9.53 Å². The van der Waals surface area contributed by atoms with Gasteiger partial charge in [0.1, 0.15) is 11.3 Å². The zero-order valence-corrected chi connectivity index (χ0v) is 15.6. The molecule has 3 aromatic rings. The highest BCUT2D eigenvalue weighted by atomic mass is 32.1. The minimum Gasteiger partial charge on any atom is -0.494 e. The molecule has 140 valence electrons. The van der Waals surface area contributed by atoms with Gasteiger partial charge >= 0.3 is 5.97 Å². The van der Waals surface area contributed by atoms with Crippen molar-refractivity contribution in [2.24, 2.45) is 0 Å². The highest BCUT2D eigenvalue weighted by Gasteiger charge is 2.21. The van der Waals surface area contributed by atoms with Gasteiger partial charge in [0.15, 0.2) is 6.61 Å². The molecule has 1 N–H and O–H groups in total. The number of carbonyl (C=O) groups excluding carboxylic acids is 3. The van der Waals surface area contributed by atoms with Gasteiger partial charge in [0.25, 0.3) is 11.8 Å². The number of fused-ring (bicyclic) bond motifs is 1. The van der Waals surface area contributed by atoms with E-state index in [0.717, 1.165) is 5.39 Å². The summed E-state index contributed by atoms with van der Waals surface area (Å²) in [7, 11) is 0. The molecule has 0 aliphatic carbocycles. The quantitative estimate of drug-likeness (QED) is 0.652. The first-order chi connectivity index (χ1) is 13.0. The molecule has 3 rings (SSSR count). The normalized spacial score (nSPS) is 10.6. The molecule has 0 unspecified atom stereocenters. The predicted molar refractivity (Wildman–Crippen MR) is 99.2 cm³/mol. The van der Waals surface area contributed by atoms with Gasteiger partial charge in [-0.15, -0.1) is 11.3 Å². The second-order valence-electron chi connectivity index (χ2n) is 5.58. The van der Waals surface area contributed by atoms with E-state index in [0.29, 0.717) is 28.4 Å². The maximum Gasteiger partial charge on any atom is 0.375 e. The van der Waals surface area contributed by atoms with E-state index in [9.17, 15) is 14.4 Å². The predicted octanol–water partition coefficient (Wildman–Crippen LogP) is 3.31. The average molecular weight is 387 g/mol. The lowest BCUT2D eigenvalue weighted by molar-refractivity contribution is -0.123. The van der Waals surface area contributed by atoms with Crippen molar-refractivity contribution < 1.29 is 28.3 Å². The van der Waals surface area contributed by atoms with Gasteiger partial charge in [-0.1, -0.05) is 6.07 Å². The second kappa shape index (κ2) is 8.05. The van der Waals surface area contributed by atoms with Gasteiger partial charge < -0.3 is 13.9 Å². The molecule has 8 heteroatoms. The molecule has 2 amide bonds. The molecule has 0 saturated carbocycles. The Morgan fingerprint density at radius 2 is 2.04 bits per heavy atom. The first-order valence-electron chi connectivity index (χ1n) is 8.20. The third-order valence-corrected chi connectivity index (χ3v) is 4.60. The van der Waals surface area contributed by atoms with Crippen molar-refractivity contribution in [2.75, 3.05) is 13.2 Å². The summed E-state index contributed by atoms with van der Waals surface area (Å²) in [6.45, 7) is 3.54. The summed E-state index contributed by atoms with van der Waals surface area (Å²) in [6, 6.07) is 8.52. The number of thiophene rings is 1. The number of hydrogen-bond donors (Lipinski definition) is 1. The van der Waals surface area contributed by atoms with Gasteiger partial charge in [0, 0.05) is 10.9 Å². The zero-order chi connectivity index (χ0) is 19.4. The number of rotatable bonds is 6. The fourth-order valence-electron chi connectivity index (χ4n) is 2.48. The molecule has 0 saturated heterocycles. The van der Waals surface area contributed by atoms with Crippen LogP contribution in [0.3, 0.4) is 0 Å². The lowest BCUT2D eigenvalue weighted by Gasteiger charge is -2.04. The first-order valence-corrected chi connectivity index (χ1v) is 9.08.